The van der Waals surface area contributed by atoms with Crippen LogP contribution in [0.1, 0.15) is 52.9 Å². The fourth-order valence-corrected chi connectivity index (χ4v) is 1.95. The quantitative estimate of drug-likeness (QED) is 0.519. The summed E-state index contributed by atoms with van der Waals surface area (Å²) in [7, 11) is 0. The third-order valence-electron chi connectivity index (χ3n) is 3.17. The minimum absolute atomic E-state index is 0.879. The summed E-state index contributed by atoms with van der Waals surface area (Å²) in [6.07, 6.45) is 15.4. The fraction of sp³-hybridized carbons (Fsp3) is 0.600. The van der Waals surface area contributed by atoms with Crippen LogP contribution in [0, 0.1) is 5.92 Å². The molecule has 0 saturated carbocycles. The van der Waals surface area contributed by atoms with Gasteiger partial charge in [0, 0.05) is 0 Å². The van der Waals surface area contributed by atoms with Crippen LogP contribution in [0.2, 0.25) is 0 Å². The monoisotopic (exact) mass is 204 g/mol. The molecule has 1 unspecified atom stereocenters. The van der Waals surface area contributed by atoms with Crippen molar-refractivity contribution in [1.29, 1.82) is 0 Å². The summed E-state index contributed by atoms with van der Waals surface area (Å²) in [5.41, 5.74) is 3.01. The lowest BCUT2D eigenvalue weighted by Crippen LogP contribution is -1.96. The van der Waals surface area contributed by atoms with Crippen molar-refractivity contribution in [1.82, 2.24) is 0 Å². The first-order chi connectivity index (χ1) is 7.18. The van der Waals surface area contributed by atoms with E-state index in [2.05, 4.69) is 45.1 Å². The maximum Gasteiger partial charge on any atom is -0.0317 e. The van der Waals surface area contributed by atoms with Crippen LogP contribution >= 0.6 is 0 Å². The lowest BCUT2D eigenvalue weighted by molar-refractivity contribution is 0.474. The van der Waals surface area contributed by atoms with Crippen molar-refractivity contribution in [2.45, 2.75) is 52.9 Å². The first-order valence-electron chi connectivity index (χ1n) is 6.18. The number of hydrogen-bond donors (Lipinski definition) is 0. The van der Waals surface area contributed by atoms with Crippen LogP contribution in [0.3, 0.4) is 0 Å². The van der Waals surface area contributed by atoms with E-state index in [0.717, 1.165) is 5.92 Å². The van der Waals surface area contributed by atoms with E-state index in [0.29, 0.717) is 0 Å². The molecule has 0 nitrogen and oxygen atoms in total. The Kier molecular flexibility index (Phi) is 5.45. The molecule has 0 aromatic carbocycles. The molecule has 1 aliphatic rings. The Labute approximate surface area is 94.8 Å². The smallest absolute Gasteiger partial charge is 0.0317 e. The van der Waals surface area contributed by atoms with Crippen molar-refractivity contribution in [2.24, 2.45) is 5.92 Å². The molecule has 0 aromatic rings. The van der Waals surface area contributed by atoms with Gasteiger partial charge < -0.3 is 0 Å². The summed E-state index contributed by atoms with van der Waals surface area (Å²) in [6, 6.07) is 0. The number of allylic oxidation sites excluding steroid dienone is 6. The molecule has 0 aliphatic heterocycles. The molecule has 0 saturated heterocycles. The average molecular weight is 204 g/mol. The molecule has 0 spiro atoms. The van der Waals surface area contributed by atoms with Crippen molar-refractivity contribution < 1.29 is 0 Å². The second-order valence-electron chi connectivity index (χ2n) is 4.95. The van der Waals surface area contributed by atoms with Gasteiger partial charge in [-0.3, -0.25) is 0 Å². The minimum Gasteiger partial charge on any atom is -0.0733 e. The Morgan fingerprint density at radius 2 is 1.53 bits per heavy atom. The van der Waals surface area contributed by atoms with Crippen molar-refractivity contribution in [2.75, 3.05) is 0 Å². The summed E-state index contributed by atoms with van der Waals surface area (Å²) in [4.78, 5) is 0. The molecular formula is C15H24. The molecule has 1 rings (SSSR count). The second kappa shape index (κ2) is 6.66. The van der Waals surface area contributed by atoms with Gasteiger partial charge in [-0.15, -0.1) is 0 Å². The van der Waals surface area contributed by atoms with Crippen LogP contribution in [-0.4, -0.2) is 0 Å². The fourth-order valence-electron chi connectivity index (χ4n) is 1.95. The van der Waals surface area contributed by atoms with Gasteiger partial charge in [-0.25, -0.2) is 0 Å². The third-order valence-corrected chi connectivity index (χ3v) is 3.17. The average Bonchev–Trinajstić information content (AvgIpc) is 2.20. The van der Waals surface area contributed by atoms with Crippen LogP contribution in [0.15, 0.2) is 35.5 Å². The highest BCUT2D eigenvalue weighted by Gasteiger charge is 2.03. The topological polar surface area (TPSA) is 0 Å². The van der Waals surface area contributed by atoms with Gasteiger partial charge in [0.15, 0.2) is 0 Å². The summed E-state index contributed by atoms with van der Waals surface area (Å²) in [5.74, 6) is 0.879. The van der Waals surface area contributed by atoms with Crippen molar-refractivity contribution in [3.63, 3.8) is 0 Å². The normalized spacial score (nSPS) is 33.9. The summed E-state index contributed by atoms with van der Waals surface area (Å²) in [5, 5.41) is 0. The highest BCUT2D eigenvalue weighted by Crippen LogP contribution is 2.19. The van der Waals surface area contributed by atoms with E-state index in [1.165, 1.54) is 43.3 Å². The Morgan fingerprint density at radius 1 is 0.933 bits per heavy atom. The van der Waals surface area contributed by atoms with Crippen molar-refractivity contribution >= 4 is 0 Å². The molecule has 1 aliphatic carbocycles. The van der Waals surface area contributed by atoms with Crippen LogP contribution in [-0.2, 0) is 0 Å². The molecule has 0 radical (unpaired) electrons. The van der Waals surface area contributed by atoms with Gasteiger partial charge in [-0.05, 0) is 45.4 Å². The predicted octanol–water partition coefficient (Wildman–Crippen LogP) is 5.04. The molecule has 0 heterocycles. The molecule has 15 heavy (non-hydrogen) atoms. The van der Waals surface area contributed by atoms with Crippen LogP contribution in [0.5, 0.6) is 0 Å². The highest BCUT2D eigenvalue weighted by molar-refractivity contribution is 5.18. The van der Waals surface area contributed by atoms with Crippen molar-refractivity contribution in [3.05, 3.63) is 35.5 Å². The SMILES string of the molecule is C/C1=C/C=C\C=C(\C)CCC(C)CCC1. The van der Waals surface area contributed by atoms with E-state index < -0.39 is 0 Å². The van der Waals surface area contributed by atoms with E-state index in [9.17, 15) is 0 Å². The van der Waals surface area contributed by atoms with E-state index in [1.54, 1.807) is 0 Å². The zero-order valence-corrected chi connectivity index (χ0v) is 10.4. The summed E-state index contributed by atoms with van der Waals surface area (Å²) in [6.45, 7) is 6.85. The van der Waals surface area contributed by atoms with Crippen molar-refractivity contribution in [3.8, 4) is 0 Å². The zero-order chi connectivity index (χ0) is 11.1. The molecular weight excluding hydrogens is 180 g/mol. The zero-order valence-electron chi connectivity index (χ0n) is 10.4. The third kappa shape index (κ3) is 5.61. The lowest BCUT2D eigenvalue weighted by Gasteiger charge is -2.11. The van der Waals surface area contributed by atoms with Crippen LogP contribution in [0.4, 0.5) is 0 Å². The van der Waals surface area contributed by atoms with E-state index >= 15 is 0 Å². The Balaban J connectivity index is 2.63. The largest absolute Gasteiger partial charge is 0.0733 e. The molecule has 0 fully saturated rings. The maximum atomic E-state index is 2.38. The van der Waals surface area contributed by atoms with Gasteiger partial charge in [0.1, 0.15) is 0 Å². The molecule has 0 N–H and O–H groups in total. The van der Waals surface area contributed by atoms with Crippen LogP contribution in [0.25, 0.3) is 0 Å². The second-order valence-corrected chi connectivity index (χ2v) is 4.95. The number of hydrogen-bond acceptors (Lipinski definition) is 0. The predicted molar refractivity (Wildman–Crippen MR) is 68.9 cm³/mol. The van der Waals surface area contributed by atoms with Gasteiger partial charge in [0.05, 0.1) is 0 Å². The summed E-state index contributed by atoms with van der Waals surface area (Å²) < 4.78 is 0. The van der Waals surface area contributed by atoms with Gasteiger partial charge >= 0.3 is 0 Å². The van der Waals surface area contributed by atoms with E-state index in [-0.39, 0.29) is 0 Å². The van der Waals surface area contributed by atoms with Gasteiger partial charge in [-0.1, -0.05) is 48.8 Å². The maximum absolute atomic E-state index is 2.38. The standard InChI is InChI=1S/C15H24/c1-13-7-4-5-8-14(2)11-12-15(3)10-6-9-13/h4-5,7-8,15H,6,9-12H2,1-3H3/b5-4-,13-7-,14-8-. The number of rotatable bonds is 0. The first kappa shape index (κ1) is 12.3. The first-order valence-corrected chi connectivity index (χ1v) is 6.18. The van der Waals surface area contributed by atoms with E-state index in [4.69, 9.17) is 0 Å². The lowest BCUT2D eigenvalue weighted by atomic mass is 9.95. The van der Waals surface area contributed by atoms with Gasteiger partial charge in [-0.2, -0.15) is 0 Å². The molecule has 0 bridgehead atoms. The molecule has 0 heteroatoms. The Bertz CT molecular complexity index is 266. The molecule has 0 amide bonds. The van der Waals surface area contributed by atoms with Crippen LogP contribution < -0.4 is 0 Å². The van der Waals surface area contributed by atoms with Gasteiger partial charge in [0.2, 0.25) is 0 Å². The molecule has 1 atom stereocenters. The van der Waals surface area contributed by atoms with Gasteiger partial charge in [0.25, 0.3) is 0 Å². The summed E-state index contributed by atoms with van der Waals surface area (Å²) >= 11 is 0. The van der Waals surface area contributed by atoms with E-state index in [1.807, 2.05) is 0 Å². The molecule has 0 aromatic heterocycles. The Morgan fingerprint density at radius 3 is 2.20 bits per heavy atom. The highest BCUT2D eigenvalue weighted by atomic mass is 14.1. The Hall–Kier alpha value is -0.780. The molecule has 84 valence electrons. The minimum atomic E-state index is 0.879.